The number of alkyl carbamates (subject to hydrolysis) is 2. The van der Waals surface area contributed by atoms with Crippen molar-refractivity contribution in [3.63, 3.8) is 0 Å². The molecule has 2 aromatic rings. The molecule has 2 rings (SSSR count). The van der Waals surface area contributed by atoms with Gasteiger partial charge in [0.25, 0.3) is 0 Å². The van der Waals surface area contributed by atoms with Crippen LogP contribution < -0.4 is 16.0 Å². The lowest BCUT2D eigenvalue weighted by molar-refractivity contribution is -0.147. The Morgan fingerprint density at radius 1 is 0.850 bits per heavy atom. The van der Waals surface area contributed by atoms with Crippen molar-refractivity contribution in [2.45, 2.75) is 71.3 Å². The third-order valence-electron chi connectivity index (χ3n) is 5.41. The number of hydrogen-bond acceptors (Lipinski definition) is 7. The Morgan fingerprint density at radius 2 is 1.43 bits per heavy atom. The predicted octanol–water partition coefficient (Wildman–Crippen LogP) is 4.82. The van der Waals surface area contributed by atoms with Crippen molar-refractivity contribution in [3.05, 3.63) is 77.3 Å². The second kappa shape index (κ2) is 16.3. The van der Waals surface area contributed by atoms with Crippen molar-refractivity contribution < 1.29 is 33.4 Å². The average molecular weight is 575 g/mol. The molecule has 0 aliphatic carbocycles. The van der Waals surface area contributed by atoms with Gasteiger partial charge in [-0.3, -0.25) is 4.79 Å². The van der Waals surface area contributed by atoms with E-state index in [0.29, 0.717) is 24.4 Å². The summed E-state index contributed by atoms with van der Waals surface area (Å²) in [7, 11) is 3.34. The molecule has 10 nitrogen and oxygen atoms in total. The first-order chi connectivity index (χ1) is 18.9. The maximum Gasteiger partial charge on any atom is 0.408 e. The summed E-state index contributed by atoms with van der Waals surface area (Å²) in [5.74, 6) is -0.818. The molecule has 0 aliphatic rings. The van der Waals surface area contributed by atoms with Crippen LogP contribution in [0.3, 0.4) is 0 Å². The zero-order valence-electron chi connectivity index (χ0n) is 23.1. The number of carbonyl (C=O) groups excluding carboxylic acids is 4. The van der Waals surface area contributed by atoms with Crippen molar-refractivity contribution >= 4 is 35.7 Å². The lowest BCUT2D eigenvalue weighted by Gasteiger charge is -2.23. The Balaban J connectivity index is 1.82. The van der Waals surface area contributed by atoms with Crippen molar-refractivity contribution in [1.29, 1.82) is 0 Å². The van der Waals surface area contributed by atoms with Crippen LogP contribution in [0.25, 0.3) is 0 Å². The van der Waals surface area contributed by atoms with E-state index in [1.165, 1.54) is 0 Å². The second-order valence-corrected chi connectivity index (χ2v) is 10.5. The van der Waals surface area contributed by atoms with Gasteiger partial charge in [0.2, 0.25) is 5.91 Å². The minimum atomic E-state index is -0.938. The Kier molecular flexibility index (Phi) is 13.2. The van der Waals surface area contributed by atoms with Crippen LogP contribution in [-0.2, 0) is 43.4 Å². The lowest BCUT2D eigenvalue weighted by atomic mass is 10.1. The molecule has 0 aliphatic heterocycles. The predicted molar refractivity (Wildman–Crippen MR) is 150 cm³/mol. The van der Waals surface area contributed by atoms with E-state index in [0.717, 1.165) is 16.7 Å². The first kappa shape index (κ1) is 32.4. The van der Waals surface area contributed by atoms with Gasteiger partial charge in [-0.1, -0.05) is 48.0 Å². The van der Waals surface area contributed by atoms with Gasteiger partial charge < -0.3 is 30.2 Å². The molecule has 1 radical (unpaired) electrons. The van der Waals surface area contributed by atoms with Gasteiger partial charge in [-0.05, 0) is 68.9 Å². The minimum Gasteiger partial charge on any atom is -0.459 e. The number of carbonyl (C=O) groups is 4. The molecular formula is C29H37ClN3O7. The molecule has 0 spiro atoms. The standard InChI is InChI=1S/C29H37ClN3O7/c1-29(2,3)40-28(37)33-24(26(35)38-18-21-10-8-20(9-11-21)17-25(34)31-4)7-5-6-16-32-27(36)39-19-22-12-14-23(30)15-13-22/h8-15,24H,4-7,16-19H2,1-3H3,(H,31,34)(H,32,36)(H,33,37)/t24-/m0/s1. The summed E-state index contributed by atoms with van der Waals surface area (Å²) in [6, 6.07) is 13.1. The summed E-state index contributed by atoms with van der Waals surface area (Å²) in [6.45, 7) is 5.61. The van der Waals surface area contributed by atoms with E-state index in [1.54, 1.807) is 69.3 Å². The summed E-state index contributed by atoms with van der Waals surface area (Å²) in [5.41, 5.74) is 1.60. The Morgan fingerprint density at radius 3 is 2.02 bits per heavy atom. The van der Waals surface area contributed by atoms with Gasteiger partial charge in [-0.25, -0.2) is 14.4 Å². The largest absolute Gasteiger partial charge is 0.459 e. The van der Waals surface area contributed by atoms with Crippen molar-refractivity contribution in [3.8, 4) is 0 Å². The highest BCUT2D eigenvalue weighted by molar-refractivity contribution is 6.30. The fraction of sp³-hybridized carbons (Fsp3) is 0.414. The number of nitrogens with one attached hydrogen (secondary N) is 3. The van der Waals surface area contributed by atoms with Gasteiger partial charge in [0.15, 0.2) is 0 Å². The van der Waals surface area contributed by atoms with Crippen LogP contribution in [0.1, 0.15) is 56.7 Å². The number of esters is 1. The SMILES string of the molecule is [CH2]NC(=O)Cc1ccc(COC(=O)[C@H](CCCCNC(=O)OCc2ccc(Cl)cc2)NC(=O)OC(C)(C)C)cc1. The lowest BCUT2D eigenvalue weighted by Crippen LogP contribution is -2.44. The van der Waals surface area contributed by atoms with E-state index in [-0.39, 0.29) is 32.0 Å². The number of ether oxygens (including phenoxy) is 3. The molecule has 0 saturated carbocycles. The Bertz CT molecular complexity index is 1120. The van der Waals surface area contributed by atoms with E-state index in [1.807, 2.05) is 0 Å². The maximum atomic E-state index is 12.8. The number of amides is 3. The van der Waals surface area contributed by atoms with Crippen molar-refractivity contribution in [1.82, 2.24) is 16.0 Å². The maximum absolute atomic E-state index is 12.8. The first-order valence-corrected chi connectivity index (χ1v) is 13.3. The monoisotopic (exact) mass is 574 g/mol. The van der Waals surface area contributed by atoms with Gasteiger partial charge >= 0.3 is 18.2 Å². The number of unbranched alkanes of at least 4 members (excludes halogenated alkanes) is 1. The van der Waals surface area contributed by atoms with Crippen LogP contribution in [0.15, 0.2) is 48.5 Å². The molecule has 11 heteroatoms. The van der Waals surface area contributed by atoms with E-state index in [9.17, 15) is 19.2 Å². The van der Waals surface area contributed by atoms with Crippen molar-refractivity contribution in [2.24, 2.45) is 0 Å². The summed E-state index contributed by atoms with van der Waals surface area (Å²) >= 11 is 5.85. The highest BCUT2D eigenvalue weighted by atomic mass is 35.5. The van der Waals surface area contributed by atoms with E-state index >= 15 is 0 Å². The fourth-order valence-electron chi connectivity index (χ4n) is 3.40. The summed E-state index contributed by atoms with van der Waals surface area (Å²) < 4.78 is 15.9. The number of hydrogen-bond donors (Lipinski definition) is 3. The van der Waals surface area contributed by atoms with Crippen LogP contribution in [-0.4, -0.2) is 42.3 Å². The van der Waals surface area contributed by atoms with Crippen molar-refractivity contribution in [2.75, 3.05) is 6.54 Å². The van der Waals surface area contributed by atoms with Gasteiger partial charge in [-0.15, -0.1) is 0 Å². The third kappa shape index (κ3) is 13.3. The van der Waals surface area contributed by atoms with Gasteiger partial charge in [0, 0.05) is 18.6 Å². The van der Waals surface area contributed by atoms with Crippen LogP contribution in [0, 0.1) is 7.05 Å². The summed E-state index contributed by atoms with van der Waals surface area (Å²) in [5, 5.41) is 8.16. The smallest absolute Gasteiger partial charge is 0.408 e. The van der Waals surface area contributed by atoms with Gasteiger partial charge in [0.1, 0.15) is 24.9 Å². The number of halogens is 1. The molecule has 0 unspecified atom stereocenters. The first-order valence-electron chi connectivity index (χ1n) is 12.9. The number of rotatable bonds is 13. The Hall–Kier alpha value is -3.79. The second-order valence-electron chi connectivity index (χ2n) is 10.0. The van der Waals surface area contributed by atoms with E-state index in [4.69, 9.17) is 25.8 Å². The third-order valence-corrected chi connectivity index (χ3v) is 5.67. The average Bonchev–Trinajstić information content (AvgIpc) is 2.90. The molecule has 0 bridgehead atoms. The number of benzene rings is 2. The molecule has 3 N–H and O–H groups in total. The molecule has 40 heavy (non-hydrogen) atoms. The van der Waals surface area contributed by atoms with E-state index in [2.05, 4.69) is 23.0 Å². The molecule has 3 amide bonds. The quantitative estimate of drug-likeness (QED) is 0.177. The fourth-order valence-corrected chi connectivity index (χ4v) is 3.53. The van der Waals surface area contributed by atoms with Crippen LogP contribution >= 0.6 is 11.6 Å². The zero-order chi connectivity index (χ0) is 29.5. The molecule has 0 heterocycles. The van der Waals surface area contributed by atoms with E-state index < -0.39 is 29.8 Å². The summed E-state index contributed by atoms with van der Waals surface area (Å²) in [6.07, 6.45) is 0.231. The molecule has 2 aromatic carbocycles. The molecule has 217 valence electrons. The molecule has 0 aromatic heterocycles. The van der Waals surface area contributed by atoms with Gasteiger partial charge in [0.05, 0.1) is 6.42 Å². The minimum absolute atomic E-state index is 0.00580. The van der Waals surface area contributed by atoms with Crippen LogP contribution in [0.4, 0.5) is 9.59 Å². The highest BCUT2D eigenvalue weighted by Crippen LogP contribution is 2.12. The molecule has 1 atom stereocenters. The molecule has 0 fully saturated rings. The Labute approximate surface area is 240 Å². The zero-order valence-corrected chi connectivity index (χ0v) is 23.8. The molecular weight excluding hydrogens is 538 g/mol. The summed E-state index contributed by atoms with van der Waals surface area (Å²) in [4.78, 5) is 48.6. The molecule has 0 saturated heterocycles. The normalized spacial score (nSPS) is 11.6. The topological polar surface area (TPSA) is 132 Å². The van der Waals surface area contributed by atoms with Crippen LogP contribution in [0.2, 0.25) is 5.02 Å². The van der Waals surface area contributed by atoms with Crippen LogP contribution in [0.5, 0.6) is 0 Å². The van der Waals surface area contributed by atoms with Gasteiger partial charge in [-0.2, -0.15) is 0 Å². The highest BCUT2D eigenvalue weighted by Gasteiger charge is 2.25.